The van der Waals surface area contributed by atoms with Crippen LogP contribution in [0.5, 0.6) is 0 Å². The van der Waals surface area contributed by atoms with Gasteiger partial charge in [0, 0.05) is 12.1 Å². The van der Waals surface area contributed by atoms with E-state index in [-0.39, 0.29) is 12.1 Å². The van der Waals surface area contributed by atoms with Crippen LogP contribution in [0, 0.1) is 6.92 Å². The van der Waals surface area contributed by atoms with E-state index in [0.717, 1.165) is 28.8 Å². The number of pyridine rings is 1. The van der Waals surface area contributed by atoms with Gasteiger partial charge >= 0.3 is 6.09 Å². The van der Waals surface area contributed by atoms with Crippen LogP contribution in [-0.4, -0.2) is 28.8 Å². The number of halogens is 1. The first kappa shape index (κ1) is 16.1. The van der Waals surface area contributed by atoms with Crippen molar-refractivity contribution in [2.24, 2.45) is 0 Å². The molecule has 1 fully saturated rings. The molecule has 1 saturated carbocycles. The molecule has 5 nitrogen and oxygen atoms in total. The summed E-state index contributed by atoms with van der Waals surface area (Å²) in [6.45, 7) is 7.56. The Morgan fingerprint density at radius 2 is 2.00 bits per heavy atom. The van der Waals surface area contributed by atoms with Crippen LogP contribution >= 0.6 is 15.9 Å². The molecule has 0 aliphatic heterocycles. The van der Waals surface area contributed by atoms with Gasteiger partial charge in [0.2, 0.25) is 0 Å². The summed E-state index contributed by atoms with van der Waals surface area (Å²) in [6.07, 6.45) is 1.45. The summed E-state index contributed by atoms with van der Waals surface area (Å²) in [5, 5.41) is 6.34. The van der Waals surface area contributed by atoms with E-state index >= 15 is 0 Å². The predicted molar refractivity (Wildman–Crippen MR) is 86.5 cm³/mol. The number of hydrogen-bond acceptors (Lipinski definition) is 4. The smallest absolute Gasteiger partial charge is 0.407 e. The van der Waals surface area contributed by atoms with Crippen LogP contribution in [0.25, 0.3) is 0 Å². The number of anilines is 1. The maximum absolute atomic E-state index is 11.6. The summed E-state index contributed by atoms with van der Waals surface area (Å²) in [7, 11) is 0. The third-order valence-corrected chi connectivity index (χ3v) is 3.71. The van der Waals surface area contributed by atoms with Crippen LogP contribution in [0.15, 0.2) is 16.7 Å². The lowest BCUT2D eigenvalue weighted by Crippen LogP contribution is -2.50. The van der Waals surface area contributed by atoms with Crippen molar-refractivity contribution in [3.8, 4) is 0 Å². The van der Waals surface area contributed by atoms with Gasteiger partial charge in [0.05, 0.1) is 11.4 Å². The highest BCUT2D eigenvalue weighted by Gasteiger charge is 2.31. The van der Waals surface area contributed by atoms with Crippen molar-refractivity contribution in [1.82, 2.24) is 10.3 Å². The van der Waals surface area contributed by atoms with Gasteiger partial charge in [-0.2, -0.15) is 0 Å². The van der Waals surface area contributed by atoms with Crippen molar-refractivity contribution in [3.63, 3.8) is 0 Å². The van der Waals surface area contributed by atoms with Crippen molar-refractivity contribution in [2.75, 3.05) is 5.32 Å². The quantitative estimate of drug-likeness (QED) is 0.812. The fraction of sp³-hybridized carbons (Fsp3) is 0.600. The van der Waals surface area contributed by atoms with Gasteiger partial charge < -0.3 is 15.4 Å². The summed E-state index contributed by atoms with van der Waals surface area (Å²) in [5.74, 6) is 0. The van der Waals surface area contributed by atoms with Gasteiger partial charge in [-0.1, -0.05) is 0 Å². The molecule has 6 heteroatoms. The predicted octanol–water partition coefficient (Wildman–Crippen LogP) is 3.62. The average Bonchev–Trinajstić information content (AvgIpc) is 2.26. The van der Waals surface area contributed by atoms with E-state index in [1.807, 2.05) is 39.8 Å². The van der Waals surface area contributed by atoms with Crippen LogP contribution in [0.4, 0.5) is 10.5 Å². The van der Waals surface area contributed by atoms with E-state index in [1.54, 1.807) is 0 Å². The maximum atomic E-state index is 11.6. The Kier molecular flexibility index (Phi) is 4.76. The highest BCUT2D eigenvalue weighted by Crippen LogP contribution is 2.26. The molecular weight excluding hydrogens is 334 g/mol. The molecule has 0 spiro atoms. The number of ether oxygens (including phenoxy) is 1. The van der Waals surface area contributed by atoms with Crippen molar-refractivity contribution in [1.29, 1.82) is 0 Å². The van der Waals surface area contributed by atoms with Gasteiger partial charge in [-0.25, -0.2) is 9.78 Å². The number of alkyl carbamates (subject to hydrolysis) is 1. The Bertz CT molecular complexity index is 522. The fourth-order valence-electron chi connectivity index (χ4n) is 2.23. The van der Waals surface area contributed by atoms with Crippen LogP contribution in [-0.2, 0) is 4.74 Å². The van der Waals surface area contributed by atoms with Gasteiger partial charge in [0.1, 0.15) is 10.2 Å². The number of hydrogen-bond donors (Lipinski definition) is 2. The molecule has 1 aromatic heterocycles. The summed E-state index contributed by atoms with van der Waals surface area (Å²) in [6, 6.07) is 4.48. The molecule has 2 N–H and O–H groups in total. The number of aryl methyl sites for hydroxylation is 1. The normalized spacial score (nSPS) is 21.4. The molecule has 0 bridgehead atoms. The molecule has 1 amide bonds. The van der Waals surface area contributed by atoms with E-state index < -0.39 is 5.60 Å². The molecular formula is C15H22BrN3O2. The number of rotatable bonds is 3. The fourth-order valence-corrected chi connectivity index (χ4v) is 2.63. The average molecular weight is 356 g/mol. The van der Waals surface area contributed by atoms with E-state index in [9.17, 15) is 4.79 Å². The number of carbonyl (C=O) groups is 1. The molecule has 2 rings (SSSR count). The molecule has 0 saturated heterocycles. The summed E-state index contributed by atoms with van der Waals surface area (Å²) in [4.78, 5) is 16.0. The Balaban J connectivity index is 1.75. The first-order chi connectivity index (χ1) is 9.73. The molecule has 0 unspecified atom stereocenters. The summed E-state index contributed by atoms with van der Waals surface area (Å²) in [5.41, 5.74) is 1.55. The molecule has 1 heterocycles. The monoisotopic (exact) mass is 355 g/mol. The second-order valence-corrected chi connectivity index (χ2v) is 7.24. The Morgan fingerprint density at radius 3 is 2.57 bits per heavy atom. The zero-order chi connectivity index (χ0) is 15.6. The number of nitrogens with one attached hydrogen (secondary N) is 2. The van der Waals surface area contributed by atoms with E-state index in [4.69, 9.17) is 4.74 Å². The van der Waals surface area contributed by atoms with Gasteiger partial charge in [-0.05, 0) is 68.6 Å². The van der Waals surface area contributed by atoms with Crippen LogP contribution in [0.3, 0.4) is 0 Å². The molecule has 116 valence electrons. The minimum atomic E-state index is -0.453. The first-order valence-electron chi connectivity index (χ1n) is 7.12. The third-order valence-electron chi connectivity index (χ3n) is 3.27. The van der Waals surface area contributed by atoms with E-state index in [0.29, 0.717) is 6.04 Å². The minimum absolute atomic E-state index is 0.182. The lowest BCUT2D eigenvalue weighted by atomic mass is 9.86. The topological polar surface area (TPSA) is 63.2 Å². The summed E-state index contributed by atoms with van der Waals surface area (Å²) < 4.78 is 6.08. The highest BCUT2D eigenvalue weighted by molar-refractivity contribution is 9.10. The summed E-state index contributed by atoms with van der Waals surface area (Å²) >= 11 is 3.35. The zero-order valence-corrected chi connectivity index (χ0v) is 14.5. The standard InChI is InChI=1S/C15H22BrN3O2/c1-9-12(5-6-13(16)17-9)18-10-7-11(8-10)19-14(20)21-15(2,3)4/h5-6,10-11,18H,7-8H2,1-4H3,(H,19,20). The molecule has 1 aliphatic rings. The Labute approximate surface area is 134 Å². The van der Waals surface area contributed by atoms with E-state index in [1.165, 1.54) is 0 Å². The van der Waals surface area contributed by atoms with Gasteiger partial charge in [0.25, 0.3) is 0 Å². The van der Waals surface area contributed by atoms with Gasteiger partial charge in [-0.15, -0.1) is 0 Å². The second-order valence-electron chi connectivity index (χ2n) is 6.42. The number of amides is 1. The van der Waals surface area contributed by atoms with E-state index in [2.05, 4.69) is 31.5 Å². The largest absolute Gasteiger partial charge is 0.444 e. The van der Waals surface area contributed by atoms with Crippen molar-refractivity contribution in [2.45, 2.75) is 58.2 Å². The minimum Gasteiger partial charge on any atom is -0.444 e. The first-order valence-corrected chi connectivity index (χ1v) is 7.91. The van der Waals surface area contributed by atoms with Crippen LogP contribution in [0.1, 0.15) is 39.3 Å². The van der Waals surface area contributed by atoms with Crippen molar-refractivity contribution < 1.29 is 9.53 Å². The second kappa shape index (κ2) is 6.22. The lowest BCUT2D eigenvalue weighted by molar-refractivity contribution is 0.0475. The Morgan fingerprint density at radius 1 is 1.33 bits per heavy atom. The number of carbonyl (C=O) groups excluding carboxylic acids is 1. The molecule has 1 aromatic rings. The number of nitrogens with zero attached hydrogens (tertiary/aromatic N) is 1. The molecule has 1 aliphatic carbocycles. The molecule has 0 radical (unpaired) electrons. The highest BCUT2D eigenvalue weighted by atomic mass is 79.9. The van der Waals surface area contributed by atoms with Crippen molar-refractivity contribution >= 4 is 27.7 Å². The van der Waals surface area contributed by atoms with Gasteiger partial charge in [-0.3, -0.25) is 0 Å². The van der Waals surface area contributed by atoms with Crippen LogP contribution in [0.2, 0.25) is 0 Å². The molecule has 0 atom stereocenters. The van der Waals surface area contributed by atoms with Crippen molar-refractivity contribution in [3.05, 3.63) is 22.4 Å². The Hall–Kier alpha value is -1.30. The van der Waals surface area contributed by atoms with Crippen LogP contribution < -0.4 is 10.6 Å². The maximum Gasteiger partial charge on any atom is 0.407 e. The lowest BCUT2D eigenvalue weighted by Gasteiger charge is -2.37. The SMILES string of the molecule is Cc1nc(Br)ccc1NC1CC(NC(=O)OC(C)(C)C)C1. The zero-order valence-electron chi connectivity index (χ0n) is 12.9. The third kappa shape index (κ3) is 4.88. The number of aromatic nitrogens is 1. The van der Waals surface area contributed by atoms with Gasteiger partial charge in [0.15, 0.2) is 0 Å². The molecule has 21 heavy (non-hydrogen) atoms. The molecule has 0 aromatic carbocycles.